The van der Waals surface area contributed by atoms with E-state index in [-0.39, 0.29) is 5.82 Å². The van der Waals surface area contributed by atoms with Gasteiger partial charge in [0, 0.05) is 22.5 Å². The summed E-state index contributed by atoms with van der Waals surface area (Å²) in [6, 6.07) is 10.9. The van der Waals surface area contributed by atoms with Crippen LogP contribution in [-0.4, -0.2) is 10.5 Å². The molecule has 0 saturated heterocycles. The van der Waals surface area contributed by atoms with Crippen LogP contribution in [-0.2, 0) is 13.0 Å². The van der Waals surface area contributed by atoms with Gasteiger partial charge in [0.25, 0.3) is 5.91 Å². The Morgan fingerprint density at radius 3 is 2.41 bits per heavy atom. The summed E-state index contributed by atoms with van der Waals surface area (Å²) in [5, 5.41) is 0.971. The van der Waals surface area contributed by atoms with Crippen LogP contribution in [0, 0.1) is 5.82 Å². The number of halogens is 3. The second-order valence-corrected chi connectivity index (χ2v) is 7.68. The average Bonchev–Trinajstić information content (AvgIpc) is 3.01. The molecule has 0 aliphatic rings. The SMILES string of the molecule is CCc1sc(=NC(=O)c2ccc(F)cc2)n(CC)c1-c1ccc(Cl)c(Cl)c1. The molecule has 140 valence electrons. The normalized spacial score (nSPS) is 11.8. The van der Waals surface area contributed by atoms with Gasteiger partial charge in [0.1, 0.15) is 5.82 Å². The molecule has 0 aliphatic carbocycles. The van der Waals surface area contributed by atoms with Crippen molar-refractivity contribution in [1.82, 2.24) is 4.57 Å². The molecule has 0 bridgehead atoms. The van der Waals surface area contributed by atoms with E-state index in [1.807, 2.05) is 23.6 Å². The molecule has 0 saturated carbocycles. The number of rotatable bonds is 4. The Hall–Kier alpha value is -1.95. The molecule has 3 nitrogen and oxygen atoms in total. The summed E-state index contributed by atoms with van der Waals surface area (Å²) in [6.07, 6.45) is 0.792. The molecule has 0 aliphatic heterocycles. The van der Waals surface area contributed by atoms with Gasteiger partial charge in [-0.2, -0.15) is 4.99 Å². The van der Waals surface area contributed by atoms with E-state index < -0.39 is 5.91 Å². The first-order valence-corrected chi connectivity index (χ1v) is 10.0. The summed E-state index contributed by atoms with van der Waals surface area (Å²) in [5.41, 5.74) is 2.26. The highest BCUT2D eigenvalue weighted by Gasteiger charge is 2.16. The third kappa shape index (κ3) is 4.15. The highest BCUT2D eigenvalue weighted by molar-refractivity contribution is 7.09. The third-order valence-electron chi connectivity index (χ3n) is 4.10. The Kier molecular flexibility index (Phi) is 6.15. The highest BCUT2D eigenvalue weighted by atomic mass is 35.5. The van der Waals surface area contributed by atoms with E-state index in [1.165, 1.54) is 35.6 Å². The van der Waals surface area contributed by atoms with E-state index in [2.05, 4.69) is 11.9 Å². The van der Waals surface area contributed by atoms with Crippen molar-refractivity contribution in [2.75, 3.05) is 0 Å². The zero-order valence-electron chi connectivity index (χ0n) is 14.8. The fourth-order valence-electron chi connectivity index (χ4n) is 2.78. The number of amides is 1. The molecule has 0 atom stereocenters. The van der Waals surface area contributed by atoms with E-state index in [0.717, 1.165) is 22.6 Å². The minimum atomic E-state index is -0.401. The van der Waals surface area contributed by atoms with Gasteiger partial charge in [0.05, 0.1) is 15.7 Å². The lowest BCUT2D eigenvalue weighted by molar-refractivity contribution is 0.0998. The molecule has 0 fully saturated rings. The van der Waals surface area contributed by atoms with Gasteiger partial charge in [-0.05, 0) is 49.7 Å². The number of aromatic nitrogens is 1. The van der Waals surface area contributed by atoms with Crippen LogP contribution in [0.2, 0.25) is 10.0 Å². The van der Waals surface area contributed by atoms with Crippen LogP contribution in [0.25, 0.3) is 11.3 Å². The Balaban J connectivity index is 2.14. The number of aryl methyl sites for hydroxylation is 1. The van der Waals surface area contributed by atoms with E-state index in [1.54, 1.807) is 6.07 Å². The average molecular weight is 423 g/mol. The summed E-state index contributed by atoms with van der Waals surface area (Å²) in [4.78, 5) is 18.5. The first-order chi connectivity index (χ1) is 12.9. The molecule has 1 aromatic heterocycles. The Morgan fingerprint density at radius 1 is 1.11 bits per heavy atom. The van der Waals surface area contributed by atoms with Crippen molar-refractivity contribution in [3.05, 3.63) is 73.6 Å². The second kappa shape index (κ2) is 8.38. The second-order valence-electron chi connectivity index (χ2n) is 5.81. The minimum Gasteiger partial charge on any atom is -0.316 e. The predicted molar refractivity (Wildman–Crippen MR) is 109 cm³/mol. The monoisotopic (exact) mass is 422 g/mol. The summed E-state index contributed by atoms with van der Waals surface area (Å²) in [5.74, 6) is -0.789. The van der Waals surface area contributed by atoms with Crippen molar-refractivity contribution in [2.24, 2.45) is 4.99 Å². The number of thiazole rings is 1. The molecule has 0 N–H and O–H groups in total. The van der Waals surface area contributed by atoms with Crippen LogP contribution in [0.3, 0.4) is 0 Å². The minimum absolute atomic E-state index is 0.349. The molecule has 7 heteroatoms. The summed E-state index contributed by atoms with van der Waals surface area (Å²) in [6.45, 7) is 4.69. The van der Waals surface area contributed by atoms with E-state index in [0.29, 0.717) is 27.0 Å². The van der Waals surface area contributed by atoms with Crippen LogP contribution < -0.4 is 4.80 Å². The molecular formula is C20H17Cl2FN2OS. The van der Waals surface area contributed by atoms with Gasteiger partial charge in [-0.15, -0.1) is 11.3 Å². The summed E-state index contributed by atoms with van der Waals surface area (Å²) >= 11 is 13.7. The molecule has 27 heavy (non-hydrogen) atoms. The topological polar surface area (TPSA) is 34.4 Å². The van der Waals surface area contributed by atoms with Crippen molar-refractivity contribution in [1.29, 1.82) is 0 Å². The first-order valence-electron chi connectivity index (χ1n) is 8.47. The van der Waals surface area contributed by atoms with Gasteiger partial charge in [-0.25, -0.2) is 4.39 Å². The molecule has 0 unspecified atom stereocenters. The Morgan fingerprint density at radius 2 is 1.81 bits per heavy atom. The number of carbonyl (C=O) groups is 1. The molecule has 1 amide bonds. The van der Waals surface area contributed by atoms with E-state index in [9.17, 15) is 9.18 Å². The van der Waals surface area contributed by atoms with Crippen molar-refractivity contribution in [2.45, 2.75) is 26.8 Å². The van der Waals surface area contributed by atoms with E-state index in [4.69, 9.17) is 23.2 Å². The summed E-state index contributed by atoms with van der Waals surface area (Å²) < 4.78 is 15.1. The molecule has 1 heterocycles. The van der Waals surface area contributed by atoms with Gasteiger partial charge in [0.2, 0.25) is 0 Å². The maximum Gasteiger partial charge on any atom is 0.279 e. The van der Waals surface area contributed by atoms with Crippen molar-refractivity contribution < 1.29 is 9.18 Å². The highest BCUT2D eigenvalue weighted by Crippen LogP contribution is 2.31. The zero-order valence-corrected chi connectivity index (χ0v) is 17.1. The first kappa shape index (κ1) is 19.8. The van der Waals surface area contributed by atoms with Crippen LogP contribution in [0.15, 0.2) is 47.5 Å². The van der Waals surface area contributed by atoms with Crippen molar-refractivity contribution in [3.8, 4) is 11.3 Å². The molecular weight excluding hydrogens is 406 g/mol. The van der Waals surface area contributed by atoms with Crippen LogP contribution in [0.4, 0.5) is 4.39 Å². The van der Waals surface area contributed by atoms with E-state index >= 15 is 0 Å². The van der Waals surface area contributed by atoms with Gasteiger partial charge in [-0.3, -0.25) is 4.79 Å². The number of carbonyl (C=O) groups excluding carboxylic acids is 1. The predicted octanol–water partition coefficient (Wildman–Crippen LogP) is 5.99. The Bertz CT molecular complexity index is 1050. The maximum absolute atomic E-state index is 13.1. The number of hydrogen-bond acceptors (Lipinski definition) is 2. The number of nitrogens with zero attached hydrogens (tertiary/aromatic N) is 2. The van der Waals surface area contributed by atoms with Gasteiger partial charge in [0.15, 0.2) is 4.80 Å². The fraction of sp³-hybridized carbons (Fsp3) is 0.200. The zero-order chi connectivity index (χ0) is 19.6. The van der Waals surface area contributed by atoms with Crippen LogP contribution in [0.5, 0.6) is 0 Å². The lowest BCUT2D eigenvalue weighted by atomic mass is 10.1. The van der Waals surface area contributed by atoms with Gasteiger partial charge in [-0.1, -0.05) is 36.2 Å². The van der Waals surface area contributed by atoms with Crippen LogP contribution >= 0.6 is 34.5 Å². The van der Waals surface area contributed by atoms with Gasteiger partial charge >= 0.3 is 0 Å². The van der Waals surface area contributed by atoms with Crippen molar-refractivity contribution in [3.63, 3.8) is 0 Å². The largest absolute Gasteiger partial charge is 0.316 e. The van der Waals surface area contributed by atoms with Crippen LogP contribution in [0.1, 0.15) is 29.1 Å². The third-order valence-corrected chi connectivity index (χ3v) is 6.06. The van der Waals surface area contributed by atoms with Crippen molar-refractivity contribution >= 4 is 40.4 Å². The standard InChI is InChI=1S/C20H17Cl2FN2OS/c1-3-17-18(13-7-10-15(21)16(22)11-13)25(4-2)20(27-17)24-19(26)12-5-8-14(23)9-6-12/h5-11H,3-4H2,1-2H3. The molecule has 0 radical (unpaired) electrons. The summed E-state index contributed by atoms with van der Waals surface area (Å²) in [7, 11) is 0. The Labute approximate surface area is 170 Å². The molecule has 3 rings (SSSR count). The number of benzene rings is 2. The lowest BCUT2D eigenvalue weighted by Crippen LogP contribution is -2.17. The maximum atomic E-state index is 13.1. The number of hydrogen-bond donors (Lipinski definition) is 0. The lowest BCUT2D eigenvalue weighted by Gasteiger charge is -2.09. The molecule has 0 spiro atoms. The molecule has 3 aromatic rings. The fourth-order valence-corrected chi connectivity index (χ4v) is 4.23. The smallest absolute Gasteiger partial charge is 0.279 e. The van der Waals surface area contributed by atoms with Gasteiger partial charge < -0.3 is 4.57 Å². The quantitative estimate of drug-likeness (QED) is 0.508. The molecule has 2 aromatic carbocycles.